The molecular weight excluding hydrogens is 308 g/mol. The fraction of sp³-hybridized carbons (Fsp3) is 1.00. The van der Waals surface area contributed by atoms with Crippen molar-refractivity contribution >= 4 is 21.8 Å². The first-order valence-electron chi connectivity index (χ1n) is 7.64. The lowest BCUT2D eigenvalue weighted by Gasteiger charge is -2.44. The summed E-state index contributed by atoms with van der Waals surface area (Å²) in [7, 11) is -3.18. The fourth-order valence-electron chi connectivity index (χ4n) is 3.23. The van der Waals surface area contributed by atoms with Gasteiger partial charge >= 0.3 is 0 Å². The van der Waals surface area contributed by atoms with E-state index in [1.54, 1.807) is 0 Å². The Morgan fingerprint density at radius 3 is 2.62 bits per heavy atom. The lowest BCUT2D eigenvalue weighted by molar-refractivity contribution is -0.0934. The van der Waals surface area contributed by atoms with Crippen molar-refractivity contribution in [3.63, 3.8) is 0 Å². The summed E-state index contributed by atoms with van der Waals surface area (Å²) in [6, 6.07) is 0.419. The van der Waals surface area contributed by atoms with Crippen LogP contribution in [0.1, 0.15) is 39.5 Å². The minimum absolute atomic E-state index is 0.0651. The first-order valence-corrected chi connectivity index (χ1v) is 10.7. The average Bonchev–Trinajstić information content (AvgIpc) is 2.35. The van der Waals surface area contributed by atoms with Crippen LogP contribution in [-0.4, -0.2) is 56.5 Å². The smallest absolute Gasteiger partial charge is 0.209 e. The van der Waals surface area contributed by atoms with Gasteiger partial charge in [-0.2, -0.15) is 11.8 Å². The van der Waals surface area contributed by atoms with Crippen LogP contribution >= 0.6 is 11.8 Å². The van der Waals surface area contributed by atoms with E-state index < -0.39 is 15.6 Å². The highest BCUT2D eigenvalue weighted by Gasteiger charge is 2.39. The number of rotatable bonds is 5. The molecule has 7 heteroatoms. The Kier molecular flexibility index (Phi) is 5.63. The van der Waals surface area contributed by atoms with Gasteiger partial charge in [-0.3, -0.25) is 0 Å². The molecule has 1 spiro atoms. The number of thioether (sulfide) groups is 1. The topological polar surface area (TPSA) is 67.4 Å². The van der Waals surface area contributed by atoms with E-state index in [1.165, 1.54) is 17.8 Å². The third kappa shape index (κ3) is 5.71. The van der Waals surface area contributed by atoms with Gasteiger partial charge in [-0.15, -0.1) is 0 Å². The molecule has 5 nitrogen and oxygen atoms in total. The number of sulfonamides is 1. The van der Waals surface area contributed by atoms with Crippen molar-refractivity contribution in [3.8, 4) is 0 Å². The van der Waals surface area contributed by atoms with E-state index in [0.29, 0.717) is 12.6 Å². The molecule has 1 unspecified atom stereocenters. The molecule has 124 valence electrons. The lowest BCUT2D eigenvalue weighted by Crippen LogP contribution is -2.55. The molecule has 0 saturated carbocycles. The molecule has 0 aromatic carbocycles. The molecule has 0 aromatic heterocycles. The third-order valence-corrected chi connectivity index (χ3v) is 6.10. The Hall–Kier alpha value is 0.180. The van der Waals surface area contributed by atoms with Crippen LogP contribution < -0.4 is 10.0 Å². The Bertz CT molecular complexity index is 440. The van der Waals surface area contributed by atoms with Crippen LogP contribution in [0.25, 0.3) is 0 Å². The summed E-state index contributed by atoms with van der Waals surface area (Å²) in [5.41, 5.74) is -0.406. The van der Waals surface area contributed by atoms with E-state index in [9.17, 15) is 8.42 Å². The Morgan fingerprint density at radius 1 is 1.33 bits per heavy atom. The van der Waals surface area contributed by atoms with E-state index >= 15 is 0 Å². The van der Waals surface area contributed by atoms with Crippen molar-refractivity contribution in [3.05, 3.63) is 0 Å². The maximum absolute atomic E-state index is 11.4. The molecule has 2 fully saturated rings. The van der Waals surface area contributed by atoms with Gasteiger partial charge in [0.15, 0.2) is 0 Å². The quantitative estimate of drug-likeness (QED) is 0.793. The molecule has 2 rings (SSSR count). The zero-order chi connectivity index (χ0) is 15.6. The van der Waals surface area contributed by atoms with Gasteiger partial charge in [-0.05, 0) is 51.0 Å². The molecule has 2 N–H and O–H groups in total. The van der Waals surface area contributed by atoms with Crippen molar-refractivity contribution in [2.24, 2.45) is 0 Å². The summed E-state index contributed by atoms with van der Waals surface area (Å²) in [5.74, 6) is 2.38. The Morgan fingerprint density at radius 2 is 2.00 bits per heavy atom. The van der Waals surface area contributed by atoms with Crippen molar-refractivity contribution < 1.29 is 13.2 Å². The molecule has 2 aliphatic heterocycles. The van der Waals surface area contributed by atoms with E-state index in [0.717, 1.165) is 32.3 Å². The predicted octanol–water partition coefficient (Wildman–Crippen LogP) is 1.35. The van der Waals surface area contributed by atoms with E-state index in [-0.39, 0.29) is 5.60 Å². The summed E-state index contributed by atoms with van der Waals surface area (Å²) in [6.07, 6.45) is 5.53. The second-order valence-electron chi connectivity index (χ2n) is 6.97. The molecule has 0 bridgehead atoms. The molecule has 2 saturated heterocycles. The zero-order valence-electron chi connectivity index (χ0n) is 13.3. The maximum atomic E-state index is 11.4. The monoisotopic (exact) mass is 336 g/mol. The molecule has 2 heterocycles. The van der Waals surface area contributed by atoms with E-state index in [4.69, 9.17) is 4.74 Å². The van der Waals surface area contributed by atoms with Crippen LogP contribution in [0.3, 0.4) is 0 Å². The minimum atomic E-state index is -3.18. The van der Waals surface area contributed by atoms with Crippen LogP contribution in [0.2, 0.25) is 0 Å². The standard InChI is InChI=1S/C14H28N2O3S2/c1-13(2,16-21(3,17)18)11-15-12-4-7-19-14(10-12)5-8-20-9-6-14/h12,15-16H,4-11H2,1-3H3. The van der Waals surface area contributed by atoms with E-state index in [1.807, 2.05) is 25.6 Å². The second-order valence-corrected chi connectivity index (χ2v) is 9.95. The van der Waals surface area contributed by atoms with Gasteiger partial charge in [0.2, 0.25) is 10.0 Å². The van der Waals surface area contributed by atoms with Crippen LogP contribution in [-0.2, 0) is 14.8 Å². The Balaban J connectivity index is 1.85. The lowest BCUT2D eigenvalue weighted by atomic mass is 9.85. The summed E-state index contributed by atoms with van der Waals surface area (Å²) in [5, 5.41) is 3.54. The molecule has 0 aliphatic carbocycles. The van der Waals surface area contributed by atoms with Gasteiger partial charge in [-0.1, -0.05) is 0 Å². The largest absolute Gasteiger partial charge is 0.375 e. The number of nitrogens with one attached hydrogen (secondary N) is 2. The molecule has 0 amide bonds. The molecule has 21 heavy (non-hydrogen) atoms. The number of ether oxygens (including phenoxy) is 1. The van der Waals surface area contributed by atoms with Crippen LogP contribution in [0.5, 0.6) is 0 Å². The summed E-state index contributed by atoms with van der Waals surface area (Å²) in [6.45, 7) is 5.26. The SMILES string of the molecule is CC(C)(CNC1CCOC2(CCSCC2)C1)NS(C)(=O)=O. The van der Waals surface area contributed by atoms with Gasteiger partial charge in [0.1, 0.15) is 0 Å². The summed E-state index contributed by atoms with van der Waals surface area (Å²) in [4.78, 5) is 0. The molecule has 1 atom stereocenters. The van der Waals surface area contributed by atoms with Crippen molar-refractivity contribution in [2.75, 3.05) is 30.9 Å². The normalized spacial score (nSPS) is 26.9. The molecule has 0 aromatic rings. The molecule has 2 aliphatic rings. The predicted molar refractivity (Wildman–Crippen MR) is 88.3 cm³/mol. The maximum Gasteiger partial charge on any atom is 0.209 e. The summed E-state index contributed by atoms with van der Waals surface area (Å²) >= 11 is 2.01. The Labute approximate surface area is 133 Å². The van der Waals surface area contributed by atoms with Crippen LogP contribution in [0.15, 0.2) is 0 Å². The van der Waals surface area contributed by atoms with Crippen LogP contribution in [0.4, 0.5) is 0 Å². The fourth-order valence-corrected chi connectivity index (χ4v) is 5.54. The van der Waals surface area contributed by atoms with E-state index in [2.05, 4.69) is 10.0 Å². The first-order chi connectivity index (χ1) is 9.70. The number of hydrogen-bond donors (Lipinski definition) is 2. The second kappa shape index (κ2) is 6.74. The molecule has 0 radical (unpaired) electrons. The van der Waals surface area contributed by atoms with Gasteiger partial charge in [-0.25, -0.2) is 13.1 Å². The average molecular weight is 337 g/mol. The molecular formula is C14H28N2O3S2. The highest BCUT2D eigenvalue weighted by atomic mass is 32.2. The first kappa shape index (κ1) is 17.5. The zero-order valence-corrected chi connectivity index (χ0v) is 14.9. The van der Waals surface area contributed by atoms with Gasteiger partial charge < -0.3 is 10.1 Å². The van der Waals surface area contributed by atoms with Gasteiger partial charge in [0.05, 0.1) is 11.9 Å². The highest BCUT2D eigenvalue weighted by molar-refractivity contribution is 7.99. The van der Waals surface area contributed by atoms with Gasteiger partial charge in [0, 0.05) is 24.7 Å². The van der Waals surface area contributed by atoms with Crippen molar-refractivity contribution in [1.82, 2.24) is 10.0 Å². The highest BCUT2D eigenvalue weighted by Crippen LogP contribution is 2.37. The number of hydrogen-bond acceptors (Lipinski definition) is 5. The minimum Gasteiger partial charge on any atom is -0.375 e. The van der Waals surface area contributed by atoms with Gasteiger partial charge in [0.25, 0.3) is 0 Å². The van der Waals surface area contributed by atoms with Crippen LogP contribution in [0, 0.1) is 0 Å². The summed E-state index contributed by atoms with van der Waals surface area (Å²) < 4.78 is 31.5. The van der Waals surface area contributed by atoms with Crippen molar-refractivity contribution in [1.29, 1.82) is 0 Å². The third-order valence-electron chi connectivity index (χ3n) is 4.19. The van der Waals surface area contributed by atoms with Crippen molar-refractivity contribution in [2.45, 2.75) is 56.7 Å².